The number of hydrogen-bond acceptors (Lipinski definition) is 3. The van der Waals surface area contributed by atoms with Gasteiger partial charge in [-0.1, -0.05) is 36.4 Å². The molecule has 1 aliphatic rings. The predicted octanol–water partition coefficient (Wildman–Crippen LogP) is 2.46. The normalized spacial score (nSPS) is 24.2. The lowest BCUT2D eigenvalue weighted by atomic mass is 10.1. The average molecular weight is 232 g/mol. The Kier molecular flexibility index (Phi) is 4.07. The summed E-state index contributed by atoms with van der Waals surface area (Å²) in [5.41, 5.74) is 1.82. The minimum Gasteiger partial charge on any atom is -0.348 e. The van der Waals surface area contributed by atoms with Crippen molar-refractivity contribution in [2.24, 2.45) is 0 Å². The van der Waals surface area contributed by atoms with Crippen molar-refractivity contribution >= 4 is 6.29 Å². The van der Waals surface area contributed by atoms with Crippen LogP contribution < -0.4 is 0 Å². The summed E-state index contributed by atoms with van der Waals surface area (Å²) < 4.78 is 11.2. The zero-order valence-corrected chi connectivity index (χ0v) is 9.84. The molecule has 0 aliphatic carbocycles. The first-order chi connectivity index (χ1) is 8.29. The van der Waals surface area contributed by atoms with Gasteiger partial charge in [-0.25, -0.2) is 0 Å². The van der Waals surface area contributed by atoms with E-state index >= 15 is 0 Å². The maximum Gasteiger partial charge on any atom is 0.162 e. The van der Waals surface area contributed by atoms with Crippen molar-refractivity contribution in [2.45, 2.75) is 32.3 Å². The number of rotatable bonds is 4. The molecule has 2 atom stereocenters. The maximum absolute atomic E-state index is 10.7. The van der Waals surface area contributed by atoms with Crippen molar-refractivity contribution in [1.82, 2.24) is 0 Å². The van der Waals surface area contributed by atoms with Crippen LogP contribution in [-0.4, -0.2) is 18.7 Å². The molecule has 0 amide bonds. The molecule has 0 radical (unpaired) electrons. The van der Waals surface area contributed by atoms with Gasteiger partial charge >= 0.3 is 0 Å². The lowest BCUT2D eigenvalue weighted by molar-refractivity contribution is -0.169. The van der Waals surface area contributed by atoms with Crippen molar-refractivity contribution in [3.05, 3.63) is 47.5 Å². The SMILES string of the molecule is C[C@@H]1O[C@@H](OCc2ccccc2)CC=C1C=O. The quantitative estimate of drug-likeness (QED) is 0.748. The van der Waals surface area contributed by atoms with E-state index < -0.39 is 0 Å². The molecule has 0 aromatic heterocycles. The van der Waals surface area contributed by atoms with Gasteiger partial charge in [0.25, 0.3) is 0 Å². The van der Waals surface area contributed by atoms with Crippen LogP contribution in [0.5, 0.6) is 0 Å². The number of hydrogen-bond donors (Lipinski definition) is 0. The van der Waals surface area contributed by atoms with E-state index in [0.717, 1.165) is 11.8 Å². The Morgan fingerprint density at radius 3 is 2.82 bits per heavy atom. The summed E-state index contributed by atoms with van der Waals surface area (Å²) in [6.07, 6.45) is 2.93. The van der Waals surface area contributed by atoms with Crippen LogP contribution in [0.25, 0.3) is 0 Å². The van der Waals surface area contributed by atoms with Crippen LogP contribution in [-0.2, 0) is 20.9 Å². The lowest BCUT2D eigenvalue weighted by Crippen LogP contribution is -2.28. The molecule has 2 rings (SSSR count). The molecule has 0 saturated carbocycles. The Bertz CT molecular complexity index is 397. The van der Waals surface area contributed by atoms with Gasteiger partial charge in [-0.2, -0.15) is 0 Å². The van der Waals surface area contributed by atoms with Gasteiger partial charge in [-0.3, -0.25) is 4.79 Å². The standard InChI is InChI=1S/C14H16O3/c1-11-13(9-15)7-8-14(17-11)16-10-12-5-3-2-4-6-12/h2-7,9,11,14H,8,10H2,1H3/t11-,14+/m0/s1. The van der Waals surface area contributed by atoms with Gasteiger partial charge in [0.05, 0.1) is 12.7 Å². The van der Waals surface area contributed by atoms with Crippen LogP contribution in [0, 0.1) is 0 Å². The molecule has 17 heavy (non-hydrogen) atoms. The third kappa shape index (κ3) is 3.25. The summed E-state index contributed by atoms with van der Waals surface area (Å²) in [5.74, 6) is 0. The smallest absolute Gasteiger partial charge is 0.162 e. The van der Waals surface area contributed by atoms with Crippen LogP contribution in [0.1, 0.15) is 18.9 Å². The third-order valence-electron chi connectivity index (χ3n) is 2.79. The Morgan fingerprint density at radius 2 is 2.18 bits per heavy atom. The van der Waals surface area contributed by atoms with Gasteiger partial charge < -0.3 is 9.47 Å². The van der Waals surface area contributed by atoms with Crippen molar-refractivity contribution in [1.29, 1.82) is 0 Å². The second-order valence-electron chi connectivity index (χ2n) is 4.06. The number of carbonyl (C=O) groups is 1. The molecule has 0 fully saturated rings. The number of carbonyl (C=O) groups excluding carboxylic acids is 1. The van der Waals surface area contributed by atoms with E-state index in [4.69, 9.17) is 9.47 Å². The third-order valence-corrected chi connectivity index (χ3v) is 2.79. The predicted molar refractivity (Wildman–Crippen MR) is 64.3 cm³/mol. The molecule has 0 unspecified atom stereocenters. The van der Waals surface area contributed by atoms with E-state index in [-0.39, 0.29) is 12.4 Å². The van der Waals surface area contributed by atoms with Crippen LogP contribution in [0.3, 0.4) is 0 Å². The molecule has 1 heterocycles. The summed E-state index contributed by atoms with van der Waals surface area (Å²) in [7, 11) is 0. The number of aldehydes is 1. The fourth-order valence-electron chi connectivity index (χ4n) is 1.77. The minimum atomic E-state index is -0.256. The summed E-state index contributed by atoms with van der Waals surface area (Å²) in [5, 5.41) is 0. The zero-order chi connectivity index (χ0) is 12.1. The Morgan fingerprint density at radius 1 is 1.41 bits per heavy atom. The average Bonchev–Trinajstić information content (AvgIpc) is 2.38. The van der Waals surface area contributed by atoms with Gasteiger partial charge in [0.1, 0.15) is 6.29 Å². The topological polar surface area (TPSA) is 35.5 Å². The van der Waals surface area contributed by atoms with Crippen LogP contribution in [0.4, 0.5) is 0 Å². The molecule has 0 saturated heterocycles. The van der Waals surface area contributed by atoms with Crippen LogP contribution >= 0.6 is 0 Å². The number of benzene rings is 1. The number of ether oxygens (including phenoxy) is 2. The van der Waals surface area contributed by atoms with Gasteiger partial charge in [0.15, 0.2) is 6.29 Å². The highest BCUT2D eigenvalue weighted by Crippen LogP contribution is 2.19. The molecule has 1 aromatic rings. The van der Waals surface area contributed by atoms with Gasteiger partial charge in [0, 0.05) is 12.0 Å². The molecule has 0 spiro atoms. The first kappa shape index (κ1) is 12.0. The van der Waals surface area contributed by atoms with E-state index in [2.05, 4.69) is 0 Å². The van der Waals surface area contributed by atoms with Crippen LogP contribution in [0.2, 0.25) is 0 Å². The molecular weight excluding hydrogens is 216 g/mol. The summed E-state index contributed by atoms with van der Waals surface area (Å²) in [4.78, 5) is 10.7. The van der Waals surface area contributed by atoms with Gasteiger partial charge in [0.2, 0.25) is 0 Å². The van der Waals surface area contributed by atoms with Gasteiger partial charge in [-0.05, 0) is 12.5 Å². The summed E-state index contributed by atoms with van der Waals surface area (Å²) >= 11 is 0. The van der Waals surface area contributed by atoms with Gasteiger partial charge in [-0.15, -0.1) is 0 Å². The van der Waals surface area contributed by atoms with E-state index in [1.807, 2.05) is 43.3 Å². The highest BCUT2D eigenvalue weighted by Gasteiger charge is 2.21. The first-order valence-corrected chi connectivity index (χ1v) is 5.76. The zero-order valence-electron chi connectivity index (χ0n) is 9.84. The first-order valence-electron chi connectivity index (χ1n) is 5.76. The molecular formula is C14H16O3. The highest BCUT2D eigenvalue weighted by molar-refractivity contribution is 5.74. The second kappa shape index (κ2) is 5.75. The van der Waals surface area contributed by atoms with E-state index in [9.17, 15) is 4.79 Å². The van der Waals surface area contributed by atoms with Crippen molar-refractivity contribution in [3.63, 3.8) is 0 Å². The fourth-order valence-corrected chi connectivity index (χ4v) is 1.77. The Labute approximate surface area is 101 Å². The molecule has 90 valence electrons. The summed E-state index contributed by atoms with van der Waals surface area (Å²) in [6.45, 7) is 2.39. The summed E-state index contributed by atoms with van der Waals surface area (Å²) in [6, 6.07) is 9.96. The monoisotopic (exact) mass is 232 g/mol. The Hall–Kier alpha value is -1.45. The Balaban J connectivity index is 1.86. The second-order valence-corrected chi connectivity index (χ2v) is 4.06. The fraction of sp³-hybridized carbons (Fsp3) is 0.357. The molecule has 0 N–H and O–H groups in total. The van der Waals surface area contributed by atoms with Crippen molar-refractivity contribution < 1.29 is 14.3 Å². The molecule has 1 aromatic carbocycles. The molecule has 0 bridgehead atoms. The minimum absolute atomic E-state index is 0.179. The van der Waals surface area contributed by atoms with E-state index in [1.54, 1.807) is 0 Å². The van der Waals surface area contributed by atoms with E-state index in [1.165, 1.54) is 0 Å². The largest absolute Gasteiger partial charge is 0.348 e. The van der Waals surface area contributed by atoms with E-state index in [0.29, 0.717) is 18.6 Å². The molecule has 3 heteroatoms. The van der Waals surface area contributed by atoms with Crippen molar-refractivity contribution in [3.8, 4) is 0 Å². The lowest BCUT2D eigenvalue weighted by Gasteiger charge is -2.26. The molecule has 1 aliphatic heterocycles. The van der Waals surface area contributed by atoms with Crippen molar-refractivity contribution in [2.75, 3.05) is 0 Å². The maximum atomic E-state index is 10.7. The van der Waals surface area contributed by atoms with Crippen LogP contribution in [0.15, 0.2) is 42.0 Å². The molecule has 3 nitrogen and oxygen atoms in total. The highest BCUT2D eigenvalue weighted by atomic mass is 16.7.